The SMILES string of the molecule is CCN(CC)C(=O)C(C)(C)C1(C)CC(C)(C)N(C)C1=O. The normalized spacial score (nSPS) is 26.0. The van der Waals surface area contributed by atoms with Crippen LogP contribution < -0.4 is 0 Å². The van der Waals surface area contributed by atoms with Crippen molar-refractivity contribution in [1.29, 1.82) is 0 Å². The van der Waals surface area contributed by atoms with Gasteiger partial charge in [0.25, 0.3) is 0 Å². The van der Waals surface area contributed by atoms with Gasteiger partial charge in [-0.15, -0.1) is 0 Å². The Balaban J connectivity index is 3.21. The van der Waals surface area contributed by atoms with Crippen LogP contribution in [-0.2, 0) is 9.59 Å². The van der Waals surface area contributed by atoms with E-state index in [0.717, 1.165) is 0 Å². The zero-order valence-corrected chi connectivity index (χ0v) is 14.3. The number of rotatable bonds is 4. The summed E-state index contributed by atoms with van der Waals surface area (Å²) < 4.78 is 0. The summed E-state index contributed by atoms with van der Waals surface area (Å²) in [6.45, 7) is 15.2. The molecule has 1 unspecified atom stereocenters. The molecule has 20 heavy (non-hydrogen) atoms. The fourth-order valence-corrected chi connectivity index (χ4v) is 3.33. The largest absolute Gasteiger partial charge is 0.343 e. The maximum absolute atomic E-state index is 12.8. The van der Waals surface area contributed by atoms with E-state index in [1.807, 2.05) is 46.6 Å². The molecule has 1 heterocycles. The molecular weight excluding hydrogens is 252 g/mol. The van der Waals surface area contributed by atoms with Gasteiger partial charge in [0.05, 0.1) is 10.8 Å². The van der Waals surface area contributed by atoms with Gasteiger partial charge >= 0.3 is 0 Å². The van der Waals surface area contributed by atoms with Gasteiger partial charge in [-0.3, -0.25) is 9.59 Å². The summed E-state index contributed by atoms with van der Waals surface area (Å²) in [4.78, 5) is 29.2. The maximum Gasteiger partial charge on any atom is 0.229 e. The van der Waals surface area contributed by atoms with Crippen molar-refractivity contribution >= 4 is 11.8 Å². The first-order chi connectivity index (χ1) is 8.95. The minimum atomic E-state index is -0.696. The molecule has 1 atom stereocenters. The predicted octanol–water partition coefficient (Wildman–Crippen LogP) is 2.53. The van der Waals surface area contributed by atoms with Crippen molar-refractivity contribution in [3.8, 4) is 0 Å². The second-order valence-corrected chi connectivity index (χ2v) is 7.29. The molecule has 0 saturated carbocycles. The van der Waals surface area contributed by atoms with Gasteiger partial charge in [0.1, 0.15) is 0 Å². The molecule has 0 aromatic heterocycles. The first-order valence-electron chi connectivity index (χ1n) is 7.53. The number of amides is 2. The van der Waals surface area contributed by atoms with Gasteiger partial charge < -0.3 is 9.80 Å². The smallest absolute Gasteiger partial charge is 0.229 e. The molecule has 1 saturated heterocycles. The fraction of sp³-hybridized carbons (Fsp3) is 0.875. The van der Waals surface area contributed by atoms with Crippen LogP contribution >= 0.6 is 0 Å². The van der Waals surface area contributed by atoms with E-state index >= 15 is 0 Å². The summed E-state index contributed by atoms with van der Waals surface area (Å²) in [6.07, 6.45) is 0.704. The van der Waals surface area contributed by atoms with Crippen LogP contribution in [0.3, 0.4) is 0 Å². The second kappa shape index (κ2) is 5.05. The Bertz CT molecular complexity index is 411. The monoisotopic (exact) mass is 282 g/mol. The van der Waals surface area contributed by atoms with Gasteiger partial charge in [-0.05, 0) is 54.9 Å². The first-order valence-corrected chi connectivity index (χ1v) is 7.53. The zero-order chi connectivity index (χ0) is 15.9. The lowest BCUT2D eigenvalue weighted by atomic mass is 9.63. The number of likely N-dealkylation sites (tertiary alicyclic amines) is 1. The lowest BCUT2D eigenvalue weighted by molar-refractivity contribution is -0.155. The van der Waals surface area contributed by atoms with Gasteiger partial charge in [0, 0.05) is 25.7 Å². The molecule has 0 N–H and O–H groups in total. The minimum Gasteiger partial charge on any atom is -0.343 e. The minimum absolute atomic E-state index is 0.0736. The van der Waals surface area contributed by atoms with Gasteiger partial charge in [-0.1, -0.05) is 0 Å². The van der Waals surface area contributed by atoms with Crippen LogP contribution in [0.4, 0.5) is 0 Å². The van der Waals surface area contributed by atoms with Crippen LogP contribution in [0.5, 0.6) is 0 Å². The van der Waals surface area contributed by atoms with E-state index in [2.05, 4.69) is 13.8 Å². The standard InChI is InChI=1S/C16H30N2O2/c1-9-18(10-2)12(19)15(5,6)16(7)11-14(3,4)17(8)13(16)20/h9-11H2,1-8H3. The molecule has 0 aromatic rings. The van der Waals surface area contributed by atoms with Crippen LogP contribution in [-0.4, -0.2) is 47.3 Å². The van der Waals surface area contributed by atoms with E-state index in [4.69, 9.17) is 0 Å². The Morgan fingerprint density at radius 2 is 1.70 bits per heavy atom. The van der Waals surface area contributed by atoms with Crippen molar-refractivity contribution in [3.05, 3.63) is 0 Å². The molecule has 116 valence electrons. The number of hydrogen-bond donors (Lipinski definition) is 0. The highest BCUT2D eigenvalue weighted by molar-refractivity contribution is 5.94. The van der Waals surface area contributed by atoms with Crippen molar-refractivity contribution in [2.45, 2.75) is 60.4 Å². The maximum atomic E-state index is 12.8. The molecule has 1 rings (SSSR count). The fourth-order valence-electron chi connectivity index (χ4n) is 3.33. The summed E-state index contributed by atoms with van der Waals surface area (Å²) in [5.74, 6) is 0.150. The third-order valence-electron chi connectivity index (χ3n) is 5.44. The molecule has 1 fully saturated rings. The van der Waals surface area contributed by atoms with Gasteiger partial charge in [-0.25, -0.2) is 0 Å². The van der Waals surface area contributed by atoms with E-state index in [1.54, 1.807) is 4.90 Å². The number of hydrogen-bond acceptors (Lipinski definition) is 2. The first kappa shape index (κ1) is 17.0. The predicted molar refractivity (Wildman–Crippen MR) is 81.3 cm³/mol. The van der Waals surface area contributed by atoms with E-state index in [1.165, 1.54) is 0 Å². The van der Waals surface area contributed by atoms with Crippen molar-refractivity contribution < 1.29 is 9.59 Å². The Kier molecular flexibility index (Phi) is 4.29. The molecule has 0 radical (unpaired) electrons. The third-order valence-corrected chi connectivity index (χ3v) is 5.44. The zero-order valence-electron chi connectivity index (χ0n) is 14.3. The Morgan fingerprint density at radius 1 is 1.25 bits per heavy atom. The van der Waals surface area contributed by atoms with E-state index in [-0.39, 0.29) is 17.4 Å². The number of carbonyl (C=O) groups excluding carboxylic acids is 2. The Hall–Kier alpha value is -1.06. The molecule has 2 amide bonds. The van der Waals surface area contributed by atoms with E-state index in [0.29, 0.717) is 19.5 Å². The molecule has 1 aliphatic rings. The molecule has 0 aliphatic carbocycles. The van der Waals surface area contributed by atoms with Crippen molar-refractivity contribution in [1.82, 2.24) is 9.80 Å². The van der Waals surface area contributed by atoms with Crippen molar-refractivity contribution in [2.24, 2.45) is 10.8 Å². The highest BCUT2D eigenvalue weighted by Gasteiger charge is 2.61. The molecular formula is C16H30N2O2. The molecule has 4 heteroatoms. The van der Waals surface area contributed by atoms with Crippen LogP contribution in [0.2, 0.25) is 0 Å². The van der Waals surface area contributed by atoms with E-state index < -0.39 is 10.8 Å². The molecule has 0 bridgehead atoms. The van der Waals surface area contributed by atoms with Gasteiger partial charge in [0.2, 0.25) is 11.8 Å². The Morgan fingerprint density at radius 3 is 2.00 bits per heavy atom. The van der Waals surface area contributed by atoms with Crippen LogP contribution in [0, 0.1) is 10.8 Å². The summed E-state index contributed by atoms with van der Waals surface area (Å²) in [7, 11) is 1.84. The van der Waals surface area contributed by atoms with Crippen molar-refractivity contribution in [3.63, 3.8) is 0 Å². The molecule has 4 nitrogen and oxygen atoms in total. The van der Waals surface area contributed by atoms with Gasteiger partial charge in [0.15, 0.2) is 0 Å². The molecule has 0 aromatic carbocycles. The Labute approximate surface area is 123 Å². The molecule has 1 aliphatic heterocycles. The van der Waals surface area contributed by atoms with Crippen LogP contribution in [0.1, 0.15) is 54.9 Å². The van der Waals surface area contributed by atoms with Crippen molar-refractivity contribution in [2.75, 3.05) is 20.1 Å². The lowest BCUT2D eigenvalue weighted by Gasteiger charge is -2.41. The lowest BCUT2D eigenvalue weighted by Crippen LogP contribution is -2.52. The summed E-state index contributed by atoms with van der Waals surface area (Å²) >= 11 is 0. The summed E-state index contributed by atoms with van der Waals surface area (Å²) in [6, 6.07) is 0. The van der Waals surface area contributed by atoms with Crippen LogP contribution in [0.25, 0.3) is 0 Å². The molecule has 0 spiro atoms. The quantitative estimate of drug-likeness (QED) is 0.795. The highest BCUT2D eigenvalue weighted by atomic mass is 16.2. The van der Waals surface area contributed by atoms with Crippen LogP contribution in [0.15, 0.2) is 0 Å². The topological polar surface area (TPSA) is 40.6 Å². The number of carbonyl (C=O) groups is 2. The van der Waals surface area contributed by atoms with Gasteiger partial charge in [-0.2, -0.15) is 0 Å². The second-order valence-electron chi connectivity index (χ2n) is 7.29. The summed E-state index contributed by atoms with van der Waals surface area (Å²) in [5, 5.41) is 0. The summed E-state index contributed by atoms with van der Waals surface area (Å²) in [5.41, 5.74) is -1.55. The average molecular weight is 282 g/mol. The highest BCUT2D eigenvalue weighted by Crippen LogP contribution is 2.52. The third kappa shape index (κ3) is 2.23. The van der Waals surface area contributed by atoms with E-state index in [9.17, 15) is 9.59 Å². The number of nitrogens with zero attached hydrogens (tertiary/aromatic N) is 2. The average Bonchev–Trinajstić information content (AvgIpc) is 2.52.